The fraction of sp³-hybridized carbons (Fsp3) is 0.500. The van der Waals surface area contributed by atoms with Gasteiger partial charge in [-0.1, -0.05) is 26.0 Å². The quantitative estimate of drug-likeness (QED) is 0.878. The Morgan fingerprint density at radius 2 is 2.00 bits per heavy atom. The van der Waals surface area contributed by atoms with Crippen molar-refractivity contribution >= 4 is 21.6 Å². The Bertz CT molecular complexity index is 443. The van der Waals surface area contributed by atoms with Gasteiger partial charge in [0.2, 0.25) is 0 Å². The molecule has 2 rings (SSSR count). The van der Waals surface area contributed by atoms with Gasteiger partial charge in [0.25, 0.3) is 0 Å². The predicted molar refractivity (Wildman–Crippen MR) is 75.4 cm³/mol. The molecule has 1 heterocycles. The van der Waals surface area contributed by atoms with Crippen molar-refractivity contribution in [1.82, 2.24) is 4.98 Å². The molecular weight excluding hydrogens is 228 g/mol. The summed E-state index contributed by atoms with van der Waals surface area (Å²) in [5, 5.41) is 1.17. The Balaban J connectivity index is 1.98. The van der Waals surface area contributed by atoms with E-state index in [9.17, 15) is 0 Å². The Kier molecular flexibility index (Phi) is 4.13. The summed E-state index contributed by atoms with van der Waals surface area (Å²) in [5.41, 5.74) is 7.24. The van der Waals surface area contributed by atoms with E-state index in [1.807, 2.05) is 6.07 Å². The number of fused-ring (bicyclic) bond motifs is 1. The Morgan fingerprint density at radius 3 is 2.71 bits per heavy atom. The van der Waals surface area contributed by atoms with Gasteiger partial charge in [-0.25, -0.2) is 4.98 Å². The van der Waals surface area contributed by atoms with E-state index in [2.05, 4.69) is 37.0 Å². The van der Waals surface area contributed by atoms with Crippen LogP contribution in [0.25, 0.3) is 10.2 Å². The number of thiazole rings is 1. The van der Waals surface area contributed by atoms with E-state index < -0.39 is 0 Å². The van der Waals surface area contributed by atoms with Crippen molar-refractivity contribution in [1.29, 1.82) is 0 Å². The smallest absolute Gasteiger partial charge is 0.0954 e. The number of aromatic nitrogens is 1. The molecule has 1 aromatic carbocycles. The van der Waals surface area contributed by atoms with Crippen LogP contribution < -0.4 is 5.73 Å². The first-order valence-electron chi connectivity index (χ1n) is 6.25. The van der Waals surface area contributed by atoms with Crippen molar-refractivity contribution in [3.8, 4) is 0 Å². The molecule has 0 saturated heterocycles. The summed E-state index contributed by atoms with van der Waals surface area (Å²) >= 11 is 1.77. The second-order valence-electron chi connectivity index (χ2n) is 5.01. The van der Waals surface area contributed by atoms with E-state index in [4.69, 9.17) is 5.73 Å². The molecule has 2 aromatic rings. The van der Waals surface area contributed by atoms with Crippen LogP contribution in [0.3, 0.4) is 0 Å². The molecule has 0 saturated carbocycles. The molecule has 1 atom stereocenters. The fourth-order valence-corrected chi connectivity index (χ4v) is 2.94. The maximum atomic E-state index is 6.14. The zero-order valence-corrected chi connectivity index (χ0v) is 11.3. The van der Waals surface area contributed by atoms with Crippen molar-refractivity contribution in [3.05, 3.63) is 29.3 Å². The van der Waals surface area contributed by atoms with Crippen LogP contribution in [0.5, 0.6) is 0 Å². The predicted octanol–water partition coefficient (Wildman–Crippen LogP) is 3.60. The van der Waals surface area contributed by atoms with Crippen LogP contribution in [-0.4, -0.2) is 11.0 Å². The van der Waals surface area contributed by atoms with Gasteiger partial charge in [-0.05, 0) is 30.9 Å². The summed E-state index contributed by atoms with van der Waals surface area (Å²) in [7, 11) is 0. The minimum Gasteiger partial charge on any atom is -0.327 e. The van der Waals surface area contributed by atoms with Crippen LogP contribution in [0, 0.1) is 5.92 Å². The van der Waals surface area contributed by atoms with Crippen LogP contribution in [0.15, 0.2) is 24.3 Å². The zero-order chi connectivity index (χ0) is 12.3. The summed E-state index contributed by atoms with van der Waals surface area (Å²) in [6.45, 7) is 4.48. The molecule has 0 spiro atoms. The van der Waals surface area contributed by atoms with Gasteiger partial charge in [0.05, 0.1) is 15.2 Å². The molecule has 1 aromatic heterocycles. The van der Waals surface area contributed by atoms with Crippen LogP contribution in [0.2, 0.25) is 0 Å². The number of nitrogens with zero attached hydrogens (tertiary/aromatic N) is 1. The summed E-state index contributed by atoms with van der Waals surface area (Å²) in [4.78, 5) is 4.62. The maximum absolute atomic E-state index is 6.14. The highest BCUT2D eigenvalue weighted by molar-refractivity contribution is 7.18. The minimum absolute atomic E-state index is 0.248. The largest absolute Gasteiger partial charge is 0.327 e. The van der Waals surface area contributed by atoms with Gasteiger partial charge < -0.3 is 5.73 Å². The zero-order valence-electron chi connectivity index (χ0n) is 10.5. The minimum atomic E-state index is 0.248. The van der Waals surface area contributed by atoms with Crippen LogP contribution >= 0.6 is 11.3 Å². The third-order valence-electron chi connectivity index (χ3n) is 2.89. The summed E-state index contributed by atoms with van der Waals surface area (Å²) in [6.07, 6.45) is 3.20. The average molecular weight is 248 g/mol. The molecule has 3 heteroatoms. The molecular formula is C14H20N2S. The second kappa shape index (κ2) is 5.61. The second-order valence-corrected chi connectivity index (χ2v) is 6.13. The molecule has 92 valence electrons. The topological polar surface area (TPSA) is 38.9 Å². The van der Waals surface area contributed by atoms with E-state index >= 15 is 0 Å². The van der Waals surface area contributed by atoms with E-state index in [0.29, 0.717) is 0 Å². The highest BCUT2D eigenvalue weighted by Crippen LogP contribution is 2.23. The molecule has 0 aliphatic rings. The van der Waals surface area contributed by atoms with E-state index in [1.165, 1.54) is 16.1 Å². The van der Waals surface area contributed by atoms with Gasteiger partial charge in [0.15, 0.2) is 0 Å². The first kappa shape index (κ1) is 12.5. The lowest BCUT2D eigenvalue weighted by Crippen LogP contribution is -2.23. The molecule has 17 heavy (non-hydrogen) atoms. The van der Waals surface area contributed by atoms with Gasteiger partial charge in [-0.3, -0.25) is 0 Å². The average Bonchev–Trinajstić information content (AvgIpc) is 2.68. The SMILES string of the molecule is CC(C)CCC(N)Cc1nc2ccccc2s1. The molecule has 0 radical (unpaired) electrons. The number of hydrogen-bond acceptors (Lipinski definition) is 3. The number of rotatable bonds is 5. The van der Waals surface area contributed by atoms with E-state index in [-0.39, 0.29) is 6.04 Å². The van der Waals surface area contributed by atoms with Gasteiger partial charge in [-0.2, -0.15) is 0 Å². The number of benzene rings is 1. The molecule has 0 amide bonds. The number of hydrogen-bond donors (Lipinski definition) is 1. The highest BCUT2D eigenvalue weighted by atomic mass is 32.1. The lowest BCUT2D eigenvalue weighted by molar-refractivity contribution is 0.494. The summed E-state index contributed by atoms with van der Waals surface area (Å²) in [5.74, 6) is 0.733. The first-order chi connectivity index (χ1) is 8.15. The fourth-order valence-electron chi connectivity index (χ4n) is 1.88. The maximum Gasteiger partial charge on any atom is 0.0954 e. The molecule has 1 unspecified atom stereocenters. The van der Waals surface area contributed by atoms with Gasteiger partial charge in [0.1, 0.15) is 0 Å². The molecule has 0 bridgehead atoms. The molecule has 0 aliphatic carbocycles. The highest BCUT2D eigenvalue weighted by Gasteiger charge is 2.09. The lowest BCUT2D eigenvalue weighted by atomic mass is 10.0. The van der Waals surface area contributed by atoms with Crippen molar-refractivity contribution in [2.45, 2.75) is 39.2 Å². The molecule has 2 N–H and O–H groups in total. The van der Waals surface area contributed by atoms with E-state index in [1.54, 1.807) is 11.3 Å². The summed E-state index contributed by atoms with van der Waals surface area (Å²) < 4.78 is 1.26. The van der Waals surface area contributed by atoms with E-state index in [0.717, 1.165) is 24.3 Å². The van der Waals surface area contributed by atoms with Crippen molar-refractivity contribution in [2.24, 2.45) is 11.7 Å². The third-order valence-corrected chi connectivity index (χ3v) is 3.95. The molecule has 0 fully saturated rings. The molecule has 0 aliphatic heterocycles. The molecule has 2 nitrogen and oxygen atoms in total. The van der Waals surface area contributed by atoms with Crippen molar-refractivity contribution in [3.63, 3.8) is 0 Å². The number of nitrogens with two attached hydrogens (primary N) is 1. The van der Waals surface area contributed by atoms with Gasteiger partial charge in [-0.15, -0.1) is 11.3 Å². The van der Waals surface area contributed by atoms with Crippen LogP contribution in [-0.2, 0) is 6.42 Å². The van der Waals surface area contributed by atoms with Gasteiger partial charge >= 0.3 is 0 Å². The standard InChI is InChI=1S/C14H20N2S/c1-10(2)7-8-11(15)9-14-16-12-5-3-4-6-13(12)17-14/h3-6,10-11H,7-9,15H2,1-2H3. The Morgan fingerprint density at radius 1 is 1.24 bits per heavy atom. The third kappa shape index (κ3) is 3.51. The Labute approximate surface area is 107 Å². The summed E-state index contributed by atoms with van der Waals surface area (Å²) in [6, 6.07) is 8.52. The lowest BCUT2D eigenvalue weighted by Gasteiger charge is -2.11. The first-order valence-corrected chi connectivity index (χ1v) is 7.07. The van der Waals surface area contributed by atoms with Crippen LogP contribution in [0.1, 0.15) is 31.7 Å². The normalized spacial score (nSPS) is 13.4. The van der Waals surface area contributed by atoms with Gasteiger partial charge in [0, 0.05) is 12.5 Å². The number of para-hydroxylation sites is 1. The van der Waals surface area contributed by atoms with Crippen LogP contribution in [0.4, 0.5) is 0 Å². The monoisotopic (exact) mass is 248 g/mol. The van der Waals surface area contributed by atoms with Crippen molar-refractivity contribution in [2.75, 3.05) is 0 Å². The van der Waals surface area contributed by atoms with Crippen molar-refractivity contribution < 1.29 is 0 Å². The Hall–Kier alpha value is -0.930.